The van der Waals surface area contributed by atoms with Gasteiger partial charge in [-0.15, -0.1) is 0 Å². The molecular weight excluding hydrogens is 356 g/mol. The van der Waals surface area contributed by atoms with E-state index in [1.165, 1.54) is 26.0 Å². The Bertz CT molecular complexity index is 869. The second-order valence-electron chi connectivity index (χ2n) is 5.91. The number of hydrogen-bond donors (Lipinski definition) is 1. The molecule has 0 unspecified atom stereocenters. The standard InChI is InChI=1S/C19H19ClN2O4/c1-11(23)22-15-7-5-4-6-12(15)8-16(22)19(24)21-18-14(20)9-13(25-2)10-17(18)26-3/h4-7,9-10,16H,8H2,1-3H3,(H,21,24)/t16-/m0/s1. The number of para-hydroxylation sites is 1. The van der Waals surface area contributed by atoms with Crippen LogP contribution in [0.5, 0.6) is 11.5 Å². The Morgan fingerprint density at radius 1 is 1.19 bits per heavy atom. The van der Waals surface area contributed by atoms with E-state index in [1.54, 1.807) is 12.1 Å². The van der Waals surface area contributed by atoms with Crippen LogP contribution >= 0.6 is 11.6 Å². The van der Waals surface area contributed by atoms with E-state index in [0.29, 0.717) is 28.6 Å². The molecule has 7 heteroatoms. The van der Waals surface area contributed by atoms with Gasteiger partial charge in [-0.3, -0.25) is 14.5 Å². The molecule has 0 aliphatic carbocycles. The summed E-state index contributed by atoms with van der Waals surface area (Å²) >= 11 is 6.28. The minimum Gasteiger partial charge on any atom is -0.497 e. The Balaban J connectivity index is 1.91. The summed E-state index contributed by atoms with van der Waals surface area (Å²) < 4.78 is 10.5. The first-order chi connectivity index (χ1) is 12.5. The highest BCUT2D eigenvalue weighted by Crippen LogP contribution is 2.38. The molecule has 1 atom stereocenters. The van der Waals surface area contributed by atoms with Gasteiger partial charge >= 0.3 is 0 Å². The first kappa shape index (κ1) is 18.1. The van der Waals surface area contributed by atoms with Crippen LogP contribution in [-0.4, -0.2) is 32.1 Å². The van der Waals surface area contributed by atoms with Crippen molar-refractivity contribution in [2.75, 3.05) is 24.4 Å². The third kappa shape index (κ3) is 3.20. The Kier molecular flexibility index (Phi) is 5.04. The molecule has 0 saturated carbocycles. The molecule has 2 amide bonds. The van der Waals surface area contributed by atoms with Gasteiger partial charge < -0.3 is 14.8 Å². The largest absolute Gasteiger partial charge is 0.497 e. The van der Waals surface area contributed by atoms with Gasteiger partial charge in [-0.25, -0.2) is 0 Å². The summed E-state index contributed by atoms with van der Waals surface area (Å²) in [5.74, 6) is 0.376. The van der Waals surface area contributed by atoms with Gasteiger partial charge in [-0.2, -0.15) is 0 Å². The molecular formula is C19H19ClN2O4. The van der Waals surface area contributed by atoms with Crippen molar-refractivity contribution < 1.29 is 19.1 Å². The first-order valence-corrected chi connectivity index (χ1v) is 8.44. The number of methoxy groups -OCH3 is 2. The number of rotatable bonds is 4. The van der Waals surface area contributed by atoms with E-state index >= 15 is 0 Å². The number of nitrogens with zero attached hydrogens (tertiary/aromatic N) is 1. The number of carbonyl (C=O) groups is 2. The highest BCUT2D eigenvalue weighted by atomic mass is 35.5. The molecule has 0 radical (unpaired) electrons. The first-order valence-electron chi connectivity index (χ1n) is 8.06. The number of hydrogen-bond acceptors (Lipinski definition) is 4. The molecule has 1 heterocycles. The molecule has 2 aromatic carbocycles. The summed E-state index contributed by atoms with van der Waals surface area (Å²) in [5, 5.41) is 3.09. The maximum atomic E-state index is 12.9. The van der Waals surface area contributed by atoms with Gasteiger partial charge in [0.2, 0.25) is 11.8 Å². The quantitative estimate of drug-likeness (QED) is 0.891. The molecule has 136 valence electrons. The monoisotopic (exact) mass is 374 g/mol. The van der Waals surface area contributed by atoms with Crippen molar-refractivity contribution in [1.82, 2.24) is 0 Å². The summed E-state index contributed by atoms with van der Waals surface area (Å²) in [6.07, 6.45) is 0.442. The van der Waals surface area contributed by atoms with Crippen molar-refractivity contribution in [3.8, 4) is 11.5 Å². The Hall–Kier alpha value is -2.73. The minimum absolute atomic E-state index is 0.192. The van der Waals surface area contributed by atoms with Crippen LogP contribution in [0.2, 0.25) is 5.02 Å². The molecule has 0 spiro atoms. The number of fused-ring (bicyclic) bond motifs is 1. The van der Waals surface area contributed by atoms with Crippen LogP contribution in [0.15, 0.2) is 36.4 Å². The van der Waals surface area contributed by atoms with Crippen LogP contribution in [0.25, 0.3) is 0 Å². The van der Waals surface area contributed by atoms with E-state index in [0.717, 1.165) is 11.3 Å². The lowest BCUT2D eigenvalue weighted by molar-refractivity contribution is -0.122. The van der Waals surface area contributed by atoms with Crippen molar-refractivity contribution in [3.05, 3.63) is 47.0 Å². The second kappa shape index (κ2) is 7.25. The number of ether oxygens (including phenoxy) is 2. The molecule has 2 aromatic rings. The zero-order chi connectivity index (χ0) is 18.8. The van der Waals surface area contributed by atoms with Gasteiger partial charge in [-0.05, 0) is 11.6 Å². The number of carbonyl (C=O) groups excluding carboxylic acids is 2. The van der Waals surface area contributed by atoms with E-state index in [4.69, 9.17) is 21.1 Å². The molecule has 26 heavy (non-hydrogen) atoms. The minimum atomic E-state index is -0.646. The average Bonchev–Trinajstić information content (AvgIpc) is 3.02. The van der Waals surface area contributed by atoms with E-state index in [-0.39, 0.29) is 11.8 Å². The molecule has 0 fully saturated rings. The Labute approximate surface area is 156 Å². The highest BCUT2D eigenvalue weighted by Gasteiger charge is 2.37. The summed E-state index contributed by atoms with van der Waals surface area (Å²) in [6, 6.07) is 10.1. The van der Waals surface area contributed by atoms with Crippen molar-refractivity contribution in [3.63, 3.8) is 0 Å². The number of halogens is 1. The summed E-state index contributed by atoms with van der Waals surface area (Å²) in [5.41, 5.74) is 2.06. The molecule has 0 bridgehead atoms. The summed E-state index contributed by atoms with van der Waals surface area (Å²) in [7, 11) is 3.00. The van der Waals surface area contributed by atoms with Crippen LogP contribution in [0.4, 0.5) is 11.4 Å². The van der Waals surface area contributed by atoms with Gasteiger partial charge in [0.15, 0.2) is 0 Å². The van der Waals surface area contributed by atoms with Gasteiger partial charge in [0.25, 0.3) is 0 Å². The normalized spacial score (nSPS) is 15.4. The SMILES string of the molecule is COc1cc(Cl)c(NC(=O)[C@@H]2Cc3ccccc3N2C(C)=O)c(OC)c1. The summed E-state index contributed by atoms with van der Waals surface area (Å²) in [6.45, 7) is 1.45. The van der Waals surface area contributed by atoms with Gasteiger partial charge in [0.1, 0.15) is 23.2 Å². The maximum Gasteiger partial charge on any atom is 0.248 e. The fourth-order valence-corrected chi connectivity index (χ4v) is 3.40. The molecule has 1 aliphatic rings. The molecule has 1 N–H and O–H groups in total. The van der Waals surface area contributed by atoms with Crippen LogP contribution in [-0.2, 0) is 16.0 Å². The van der Waals surface area contributed by atoms with Crippen molar-refractivity contribution in [2.45, 2.75) is 19.4 Å². The number of anilines is 2. The molecule has 0 saturated heterocycles. The fourth-order valence-electron chi connectivity index (χ4n) is 3.15. The van der Waals surface area contributed by atoms with Crippen LogP contribution < -0.4 is 19.7 Å². The van der Waals surface area contributed by atoms with E-state index in [1.807, 2.05) is 24.3 Å². The van der Waals surface area contributed by atoms with E-state index in [9.17, 15) is 9.59 Å². The summed E-state index contributed by atoms with van der Waals surface area (Å²) in [4.78, 5) is 26.6. The van der Waals surface area contributed by atoms with Gasteiger partial charge in [-0.1, -0.05) is 29.8 Å². The topological polar surface area (TPSA) is 67.9 Å². The number of amides is 2. The van der Waals surface area contributed by atoms with Crippen molar-refractivity contribution in [2.24, 2.45) is 0 Å². The third-order valence-electron chi connectivity index (χ3n) is 4.35. The zero-order valence-electron chi connectivity index (χ0n) is 14.7. The smallest absolute Gasteiger partial charge is 0.248 e. The third-order valence-corrected chi connectivity index (χ3v) is 4.65. The molecule has 3 rings (SSSR count). The highest BCUT2D eigenvalue weighted by molar-refractivity contribution is 6.34. The van der Waals surface area contributed by atoms with Crippen molar-refractivity contribution in [1.29, 1.82) is 0 Å². The Morgan fingerprint density at radius 2 is 1.92 bits per heavy atom. The van der Waals surface area contributed by atoms with Crippen molar-refractivity contribution >= 4 is 34.8 Å². The molecule has 0 aromatic heterocycles. The number of benzene rings is 2. The fraction of sp³-hybridized carbons (Fsp3) is 0.263. The van der Waals surface area contributed by atoms with Crippen LogP contribution in [0, 0.1) is 0 Å². The maximum absolute atomic E-state index is 12.9. The average molecular weight is 375 g/mol. The lowest BCUT2D eigenvalue weighted by Crippen LogP contribution is -2.44. The Morgan fingerprint density at radius 3 is 2.58 bits per heavy atom. The van der Waals surface area contributed by atoms with E-state index < -0.39 is 6.04 Å². The van der Waals surface area contributed by atoms with Crippen LogP contribution in [0.1, 0.15) is 12.5 Å². The van der Waals surface area contributed by atoms with E-state index in [2.05, 4.69) is 5.32 Å². The zero-order valence-corrected chi connectivity index (χ0v) is 15.5. The lowest BCUT2D eigenvalue weighted by atomic mass is 10.1. The predicted octanol–water partition coefficient (Wildman–Crippen LogP) is 3.27. The van der Waals surface area contributed by atoms with Gasteiger partial charge in [0.05, 0.1) is 19.2 Å². The van der Waals surface area contributed by atoms with Crippen LogP contribution in [0.3, 0.4) is 0 Å². The molecule has 1 aliphatic heterocycles. The molecule has 6 nitrogen and oxygen atoms in total. The lowest BCUT2D eigenvalue weighted by Gasteiger charge is -2.24. The van der Waals surface area contributed by atoms with Gasteiger partial charge in [0, 0.05) is 31.2 Å². The second-order valence-corrected chi connectivity index (χ2v) is 6.32. The number of nitrogens with one attached hydrogen (secondary N) is 1. The predicted molar refractivity (Wildman–Crippen MR) is 100 cm³/mol.